The SMILES string of the molecule is CC(CC(=O)O)N1CC2CCCC(N)C2C1. The maximum Gasteiger partial charge on any atom is 0.304 e. The second kappa shape index (κ2) is 4.72. The smallest absolute Gasteiger partial charge is 0.304 e. The Morgan fingerprint density at radius 2 is 2.25 bits per heavy atom. The quantitative estimate of drug-likeness (QED) is 0.750. The van der Waals surface area contributed by atoms with Crippen LogP contribution < -0.4 is 5.73 Å². The van der Waals surface area contributed by atoms with Gasteiger partial charge < -0.3 is 10.8 Å². The molecule has 1 saturated carbocycles. The first-order chi connectivity index (χ1) is 7.58. The van der Waals surface area contributed by atoms with Crippen molar-refractivity contribution in [2.75, 3.05) is 13.1 Å². The summed E-state index contributed by atoms with van der Waals surface area (Å²) >= 11 is 0. The van der Waals surface area contributed by atoms with Crippen LogP contribution in [0.5, 0.6) is 0 Å². The molecule has 0 aromatic carbocycles. The number of likely N-dealkylation sites (tertiary alicyclic amines) is 1. The van der Waals surface area contributed by atoms with Gasteiger partial charge in [0.1, 0.15) is 0 Å². The van der Waals surface area contributed by atoms with E-state index in [-0.39, 0.29) is 12.5 Å². The van der Waals surface area contributed by atoms with Gasteiger partial charge in [-0.2, -0.15) is 0 Å². The summed E-state index contributed by atoms with van der Waals surface area (Å²) in [6.45, 7) is 4.06. The van der Waals surface area contributed by atoms with Crippen molar-refractivity contribution < 1.29 is 9.90 Å². The molecule has 4 nitrogen and oxygen atoms in total. The molecule has 1 aliphatic heterocycles. The molecule has 2 fully saturated rings. The van der Waals surface area contributed by atoms with E-state index < -0.39 is 5.97 Å². The van der Waals surface area contributed by atoms with Crippen molar-refractivity contribution in [1.29, 1.82) is 0 Å². The van der Waals surface area contributed by atoms with E-state index in [2.05, 4.69) is 4.90 Å². The van der Waals surface area contributed by atoms with Crippen LogP contribution in [0.4, 0.5) is 0 Å². The van der Waals surface area contributed by atoms with Crippen LogP contribution in [0.1, 0.15) is 32.6 Å². The largest absolute Gasteiger partial charge is 0.481 e. The third-order valence-corrected chi connectivity index (χ3v) is 4.28. The highest BCUT2D eigenvalue weighted by molar-refractivity contribution is 5.67. The monoisotopic (exact) mass is 226 g/mol. The molecule has 0 aromatic rings. The summed E-state index contributed by atoms with van der Waals surface area (Å²) in [6, 6.07) is 0.482. The topological polar surface area (TPSA) is 66.6 Å². The average Bonchev–Trinajstić information content (AvgIpc) is 2.61. The minimum atomic E-state index is -0.702. The predicted molar refractivity (Wildman–Crippen MR) is 62.1 cm³/mol. The van der Waals surface area contributed by atoms with E-state index in [0.717, 1.165) is 19.5 Å². The molecule has 92 valence electrons. The van der Waals surface area contributed by atoms with Crippen LogP contribution in [0.2, 0.25) is 0 Å². The van der Waals surface area contributed by atoms with Gasteiger partial charge in [-0.1, -0.05) is 6.42 Å². The molecule has 4 atom stereocenters. The zero-order valence-electron chi connectivity index (χ0n) is 9.93. The van der Waals surface area contributed by atoms with E-state index in [1.54, 1.807) is 0 Å². The van der Waals surface area contributed by atoms with Crippen molar-refractivity contribution in [3.05, 3.63) is 0 Å². The highest BCUT2D eigenvalue weighted by atomic mass is 16.4. The van der Waals surface area contributed by atoms with E-state index in [9.17, 15) is 4.79 Å². The Morgan fingerprint density at radius 3 is 2.88 bits per heavy atom. The lowest BCUT2D eigenvalue weighted by molar-refractivity contribution is -0.138. The van der Waals surface area contributed by atoms with Crippen molar-refractivity contribution in [3.8, 4) is 0 Å². The van der Waals surface area contributed by atoms with Crippen molar-refractivity contribution >= 4 is 5.97 Å². The summed E-state index contributed by atoms with van der Waals surface area (Å²) in [5.74, 6) is 0.608. The molecular formula is C12H22N2O2. The number of carboxylic acids is 1. The number of carboxylic acid groups (broad SMARTS) is 1. The van der Waals surface area contributed by atoms with Crippen LogP contribution in [0, 0.1) is 11.8 Å². The van der Waals surface area contributed by atoms with Gasteiger partial charge in [0.25, 0.3) is 0 Å². The van der Waals surface area contributed by atoms with Crippen LogP contribution in [-0.4, -0.2) is 41.1 Å². The number of aliphatic carboxylic acids is 1. The Morgan fingerprint density at radius 1 is 1.50 bits per heavy atom. The summed E-state index contributed by atoms with van der Waals surface area (Å²) in [7, 11) is 0. The minimum Gasteiger partial charge on any atom is -0.481 e. The average molecular weight is 226 g/mol. The van der Waals surface area contributed by atoms with Crippen molar-refractivity contribution in [3.63, 3.8) is 0 Å². The third kappa shape index (κ3) is 2.38. The van der Waals surface area contributed by atoms with E-state index in [0.29, 0.717) is 17.9 Å². The van der Waals surface area contributed by atoms with Gasteiger partial charge in [0, 0.05) is 25.2 Å². The number of nitrogens with two attached hydrogens (primary N) is 1. The Labute approximate surface area is 96.8 Å². The number of rotatable bonds is 3. The lowest BCUT2D eigenvalue weighted by Gasteiger charge is -2.30. The van der Waals surface area contributed by atoms with Crippen LogP contribution in [0.3, 0.4) is 0 Å². The molecule has 0 amide bonds. The second-order valence-corrected chi connectivity index (χ2v) is 5.42. The maximum atomic E-state index is 10.7. The Hall–Kier alpha value is -0.610. The first kappa shape index (κ1) is 11.9. The molecule has 4 unspecified atom stereocenters. The fourth-order valence-corrected chi connectivity index (χ4v) is 3.29. The van der Waals surface area contributed by atoms with Gasteiger partial charge >= 0.3 is 5.97 Å². The van der Waals surface area contributed by atoms with Gasteiger partial charge in [0.2, 0.25) is 0 Å². The molecule has 0 bridgehead atoms. The van der Waals surface area contributed by atoms with Crippen molar-refractivity contribution in [2.45, 2.75) is 44.7 Å². The highest BCUT2D eigenvalue weighted by Crippen LogP contribution is 2.36. The second-order valence-electron chi connectivity index (χ2n) is 5.42. The molecule has 4 heteroatoms. The van der Waals surface area contributed by atoms with Gasteiger partial charge in [-0.15, -0.1) is 0 Å². The Bertz CT molecular complexity index is 270. The van der Waals surface area contributed by atoms with Crippen LogP contribution in [0.25, 0.3) is 0 Å². The Balaban J connectivity index is 1.93. The molecule has 1 heterocycles. The molecule has 2 aliphatic rings. The summed E-state index contributed by atoms with van der Waals surface area (Å²) in [6.07, 6.45) is 3.90. The molecule has 1 aliphatic carbocycles. The molecule has 0 spiro atoms. The third-order valence-electron chi connectivity index (χ3n) is 4.28. The highest BCUT2D eigenvalue weighted by Gasteiger charge is 2.40. The first-order valence-corrected chi connectivity index (χ1v) is 6.29. The number of nitrogens with zero attached hydrogens (tertiary/aromatic N) is 1. The van der Waals surface area contributed by atoms with Gasteiger partial charge in [0.05, 0.1) is 6.42 Å². The van der Waals surface area contributed by atoms with E-state index in [1.807, 2.05) is 6.92 Å². The lowest BCUT2D eigenvalue weighted by Crippen LogP contribution is -2.39. The zero-order valence-corrected chi connectivity index (χ0v) is 9.93. The van der Waals surface area contributed by atoms with Gasteiger partial charge in [0.15, 0.2) is 0 Å². The lowest BCUT2D eigenvalue weighted by atomic mass is 9.78. The zero-order chi connectivity index (χ0) is 11.7. The van der Waals surface area contributed by atoms with Crippen molar-refractivity contribution in [1.82, 2.24) is 4.90 Å². The molecule has 0 radical (unpaired) electrons. The molecule has 1 saturated heterocycles. The van der Waals surface area contributed by atoms with Gasteiger partial charge in [-0.25, -0.2) is 0 Å². The molecule has 3 N–H and O–H groups in total. The van der Waals surface area contributed by atoms with E-state index >= 15 is 0 Å². The van der Waals surface area contributed by atoms with E-state index in [4.69, 9.17) is 10.8 Å². The standard InChI is InChI=1S/C12H22N2O2/c1-8(5-12(15)16)14-6-9-3-2-4-11(13)10(9)7-14/h8-11H,2-7,13H2,1H3,(H,15,16). The van der Waals surface area contributed by atoms with Crippen LogP contribution in [0.15, 0.2) is 0 Å². The molecule has 0 aromatic heterocycles. The van der Waals surface area contributed by atoms with Crippen molar-refractivity contribution in [2.24, 2.45) is 17.6 Å². The Kier molecular flexibility index (Phi) is 3.50. The molecular weight excluding hydrogens is 204 g/mol. The maximum absolute atomic E-state index is 10.7. The fraction of sp³-hybridized carbons (Fsp3) is 0.917. The van der Waals surface area contributed by atoms with Crippen LogP contribution >= 0.6 is 0 Å². The number of fused-ring (bicyclic) bond motifs is 1. The van der Waals surface area contributed by atoms with Crippen LogP contribution in [-0.2, 0) is 4.79 Å². The summed E-state index contributed by atoms with van der Waals surface area (Å²) < 4.78 is 0. The van der Waals surface area contributed by atoms with Gasteiger partial charge in [-0.3, -0.25) is 9.69 Å². The first-order valence-electron chi connectivity index (χ1n) is 6.29. The fourth-order valence-electron chi connectivity index (χ4n) is 3.29. The van der Waals surface area contributed by atoms with Gasteiger partial charge in [-0.05, 0) is 31.6 Å². The molecule has 2 rings (SSSR count). The van der Waals surface area contributed by atoms with E-state index in [1.165, 1.54) is 12.8 Å². The number of carbonyl (C=O) groups is 1. The summed E-state index contributed by atoms with van der Waals surface area (Å²) in [5, 5.41) is 8.80. The summed E-state index contributed by atoms with van der Waals surface area (Å²) in [5.41, 5.74) is 6.14. The normalized spacial score (nSPS) is 37.0. The molecule has 16 heavy (non-hydrogen) atoms. The minimum absolute atomic E-state index is 0.148. The summed E-state index contributed by atoms with van der Waals surface area (Å²) in [4.78, 5) is 13.0. The number of hydrogen-bond donors (Lipinski definition) is 2. The predicted octanol–water partition coefficient (Wildman–Crippen LogP) is 0.909. The number of hydrogen-bond acceptors (Lipinski definition) is 3.